The van der Waals surface area contributed by atoms with Crippen LogP contribution in [0.25, 0.3) is 0 Å². The number of halogens is 1. The normalized spacial score (nSPS) is 14.6. The first-order chi connectivity index (χ1) is 11.6. The first-order valence-corrected chi connectivity index (χ1v) is 8.54. The molecule has 0 spiro atoms. The summed E-state index contributed by atoms with van der Waals surface area (Å²) in [6, 6.07) is 13.3. The van der Waals surface area contributed by atoms with Gasteiger partial charge in [0.1, 0.15) is 4.99 Å². The SMILES string of the molecule is COc1cccc(C(=S)N2CCN(c3cccc(Cl)c3)CC2)c1O. The number of ether oxygens (including phenoxy) is 1. The van der Waals surface area contributed by atoms with Crippen molar-refractivity contribution in [2.24, 2.45) is 0 Å². The lowest BCUT2D eigenvalue weighted by atomic mass is 10.1. The summed E-state index contributed by atoms with van der Waals surface area (Å²) in [7, 11) is 1.53. The molecule has 24 heavy (non-hydrogen) atoms. The fourth-order valence-corrected chi connectivity index (χ4v) is 3.40. The zero-order chi connectivity index (χ0) is 17.1. The predicted octanol–water partition coefficient (Wildman–Crippen LogP) is 3.55. The molecule has 2 aromatic carbocycles. The van der Waals surface area contributed by atoms with E-state index in [1.54, 1.807) is 6.07 Å². The molecule has 0 aliphatic carbocycles. The van der Waals surface area contributed by atoms with Crippen molar-refractivity contribution in [3.63, 3.8) is 0 Å². The van der Waals surface area contributed by atoms with Gasteiger partial charge in [0, 0.05) is 36.9 Å². The summed E-state index contributed by atoms with van der Waals surface area (Å²) in [6.07, 6.45) is 0. The molecule has 2 aromatic rings. The number of aromatic hydroxyl groups is 1. The Morgan fingerprint density at radius 3 is 2.50 bits per heavy atom. The number of anilines is 1. The lowest BCUT2D eigenvalue weighted by Gasteiger charge is -2.37. The molecule has 6 heteroatoms. The molecule has 0 atom stereocenters. The Morgan fingerprint density at radius 2 is 1.83 bits per heavy atom. The maximum Gasteiger partial charge on any atom is 0.168 e. The lowest BCUT2D eigenvalue weighted by Crippen LogP contribution is -2.48. The Bertz CT molecular complexity index is 746. The number of methoxy groups -OCH3 is 1. The number of para-hydroxylation sites is 1. The van der Waals surface area contributed by atoms with E-state index in [1.165, 1.54) is 7.11 Å². The number of phenolic OH excluding ortho intramolecular Hbond substituents is 1. The topological polar surface area (TPSA) is 35.9 Å². The highest BCUT2D eigenvalue weighted by Crippen LogP contribution is 2.31. The number of benzene rings is 2. The molecule has 4 nitrogen and oxygen atoms in total. The van der Waals surface area contributed by atoms with Crippen molar-refractivity contribution in [1.82, 2.24) is 4.90 Å². The van der Waals surface area contributed by atoms with E-state index < -0.39 is 0 Å². The Morgan fingerprint density at radius 1 is 1.12 bits per heavy atom. The number of phenols is 1. The second-order valence-corrected chi connectivity index (χ2v) is 6.44. The van der Waals surface area contributed by atoms with Crippen molar-refractivity contribution >= 4 is 34.5 Å². The van der Waals surface area contributed by atoms with E-state index >= 15 is 0 Å². The molecular formula is C18H19ClN2O2S. The molecule has 0 unspecified atom stereocenters. The molecule has 126 valence electrons. The first kappa shape index (κ1) is 16.9. The van der Waals surface area contributed by atoms with Crippen LogP contribution in [-0.4, -0.2) is 48.3 Å². The molecule has 1 fully saturated rings. The summed E-state index contributed by atoms with van der Waals surface area (Å²) in [6.45, 7) is 3.29. The van der Waals surface area contributed by atoms with Crippen molar-refractivity contribution in [2.75, 3.05) is 38.2 Å². The summed E-state index contributed by atoms with van der Waals surface area (Å²) in [5, 5.41) is 11.0. The number of piperazine rings is 1. The highest BCUT2D eigenvalue weighted by atomic mass is 35.5. The molecule has 0 amide bonds. The third-order valence-corrected chi connectivity index (χ3v) is 4.90. The average molecular weight is 363 g/mol. The van der Waals surface area contributed by atoms with E-state index in [-0.39, 0.29) is 5.75 Å². The molecule has 1 N–H and O–H groups in total. The van der Waals surface area contributed by atoms with Gasteiger partial charge >= 0.3 is 0 Å². The number of rotatable bonds is 3. The van der Waals surface area contributed by atoms with Gasteiger partial charge in [0.05, 0.1) is 12.7 Å². The number of nitrogens with zero attached hydrogens (tertiary/aromatic N) is 2. The maximum absolute atomic E-state index is 10.3. The van der Waals surface area contributed by atoms with Crippen LogP contribution in [-0.2, 0) is 0 Å². The van der Waals surface area contributed by atoms with E-state index in [0.717, 1.165) is 36.9 Å². The van der Waals surface area contributed by atoms with Crippen LogP contribution in [0.4, 0.5) is 5.69 Å². The highest BCUT2D eigenvalue weighted by molar-refractivity contribution is 7.80. The van der Waals surface area contributed by atoms with Crippen molar-refractivity contribution in [3.8, 4) is 11.5 Å². The van der Waals surface area contributed by atoms with E-state index in [2.05, 4.69) is 15.9 Å². The van der Waals surface area contributed by atoms with Gasteiger partial charge in [0.15, 0.2) is 11.5 Å². The van der Waals surface area contributed by atoms with Crippen LogP contribution in [0.5, 0.6) is 11.5 Å². The maximum atomic E-state index is 10.3. The zero-order valence-corrected chi connectivity index (χ0v) is 15.0. The standard InChI is InChI=1S/C18H19ClN2O2S/c1-23-16-7-3-6-15(17(16)22)18(24)21-10-8-20(9-11-21)14-5-2-4-13(19)12-14/h2-7,12,22H,8-11H2,1H3. The van der Waals surface area contributed by atoms with E-state index in [0.29, 0.717) is 16.3 Å². The molecule has 3 rings (SSSR count). The fourth-order valence-electron chi connectivity index (χ4n) is 2.87. The second-order valence-electron chi connectivity index (χ2n) is 5.62. The summed E-state index contributed by atoms with van der Waals surface area (Å²) in [4.78, 5) is 5.05. The van der Waals surface area contributed by atoms with Gasteiger partial charge in [-0.1, -0.05) is 36.0 Å². The molecule has 1 saturated heterocycles. The van der Waals surface area contributed by atoms with Crippen LogP contribution >= 0.6 is 23.8 Å². The Labute approximate surface area is 152 Å². The monoisotopic (exact) mass is 362 g/mol. The Hall–Kier alpha value is -1.98. The van der Waals surface area contributed by atoms with E-state index in [4.69, 9.17) is 28.6 Å². The third-order valence-electron chi connectivity index (χ3n) is 4.19. The van der Waals surface area contributed by atoms with Crippen molar-refractivity contribution in [2.45, 2.75) is 0 Å². The van der Waals surface area contributed by atoms with Gasteiger partial charge in [0.2, 0.25) is 0 Å². The molecular weight excluding hydrogens is 344 g/mol. The average Bonchev–Trinajstić information content (AvgIpc) is 2.61. The summed E-state index contributed by atoms with van der Waals surface area (Å²) < 4.78 is 5.16. The van der Waals surface area contributed by atoms with Crippen LogP contribution in [0.2, 0.25) is 5.02 Å². The van der Waals surface area contributed by atoms with Gasteiger partial charge in [-0.2, -0.15) is 0 Å². The van der Waals surface area contributed by atoms with Gasteiger partial charge in [-0.25, -0.2) is 0 Å². The molecule has 1 aliphatic rings. The van der Waals surface area contributed by atoms with Gasteiger partial charge in [-0.3, -0.25) is 0 Å². The highest BCUT2D eigenvalue weighted by Gasteiger charge is 2.22. The van der Waals surface area contributed by atoms with Gasteiger partial charge in [-0.15, -0.1) is 0 Å². The smallest absolute Gasteiger partial charge is 0.168 e. The zero-order valence-electron chi connectivity index (χ0n) is 13.4. The summed E-state index contributed by atoms with van der Waals surface area (Å²) >= 11 is 11.7. The van der Waals surface area contributed by atoms with Crippen molar-refractivity contribution < 1.29 is 9.84 Å². The van der Waals surface area contributed by atoms with Gasteiger partial charge in [0.25, 0.3) is 0 Å². The van der Waals surface area contributed by atoms with Crippen LogP contribution in [0, 0.1) is 0 Å². The van der Waals surface area contributed by atoms with E-state index in [9.17, 15) is 5.11 Å². The van der Waals surface area contributed by atoms with Gasteiger partial charge in [-0.05, 0) is 30.3 Å². The molecule has 0 bridgehead atoms. The van der Waals surface area contributed by atoms with Crippen molar-refractivity contribution in [3.05, 3.63) is 53.1 Å². The fraction of sp³-hybridized carbons (Fsp3) is 0.278. The molecule has 0 radical (unpaired) electrons. The minimum absolute atomic E-state index is 0.0993. The van der Waals surface area contributed by atoms with Crippen molar-refractivity contribution in [1.29, 1.82) is 0 Å². The van der Waals surface area contributed by atoms with E-state index in [1.807, 2.05) is 30.3 Å². The molecule has 0 aromatic heterocycles. The molecule has 1 heterocycles. The lowest BCUT2D eigenvalue weighted by molar-refractivity contribution is 0.368. The number of hydrogen-bond donors (Lipinski definition) is 1. The van der Waals surface area contributed by atoms with Crippen LogP contribution in [0.3, 0.4) is 0 Å². The predicted molar refractivity (Wildman–Crippen MR) is 102 cm³/mol. The third kappa shape index (κ3) is 3.42. The summed E-state index contributed by atoms with van der Waals surface area (Å²) in [5.41, 5.74) is 1.76. The first-order valence-electron chi connectivity index (χ1n) is 7.76. The minimum Gasteiger partial charge on any atom is -0.504 e. The van der Waals surface area contributed by atoms with Gasteiger partial charge < -0.3 is 19.6 Å². The minimum atomic E-state index is 0.0993. The van der Waals surface area contributed by atoms with Crippen LogP contribution in [0.15, 0.2) is 42.5 Å². The largest absolute Gasteiger partial charge is 0.504 e. The summed E-state index contributed by atoms with van der Waals surface area (Å²) in [5.74, 6) is 0.537. The molecule has 1 aliphatic heterocycles. The quantitative estimate of drug-likeness (QED) is 0.845. The Balaban J connectivity index is 1.69. The Kier molecular flexibility index (Phi) is 5.11. The number of thiocarbonyl (C=S) groups is 1. The van der Waals surface area contributed by atoms with Crippen LogP contribution in [0.1, 0.15) is 5.56 Å². The van der Waals surface area contributed by atoms with Crippen LogP contribution < -0.4 is 9.64 Å². The number of hydrogen-bond acceptors (Lipinski definition) is 4. The molecule has 0 saturated carbocycles. The second kappa shape index (κ2) is 7.28.